The molecule has 1 aliphatic heterocycles. The van der Waals surface area contributed by atoms with Crippen molar-refractivity contribution in [1.82, 2.24) is 0 Å². The van der Waals surface area contributed by atoms with Crippen LogP contribution in [0.15, 0.2) is 78.9 Å². The predicted molar refractivity (Wildman–Crippen MR) is 105 cm³/mol. The van der Waals surface area contributed by atoms with E-state index < -0.39 is 17.5 Å². The number of benzene rings is 3. The Balaban J connectivity index is 1.89. The van der Waals surface area contributed by atoms with Crippen LogP contribution in [0.4, 0.5) is 0 Å². The molecule has 0 fully saturated rings. The summed E-state index contributed by atoms with van der Waals surface area (Å²) in [7, 11) is 1.52. The normalized spacial score (nSPS) is 20.4. The monoisotopic (exact) mass is 370 g/mol. The van der Waals surface area contributed by atoms with Gasteiger partial charge in [0.1, 0.15) is 11.5 Å². The van der Waals surface area contributed by atoms with Crippen LogP contribution in [0.5, 0.6) is 11.5 Å². The van der Waals surface area contributed by atoms with Gasteiger partial charge in [-0.15, -0.1) is 0 Å². The lowest BCUT2D eigenvalue weighted by Gasteiger charge is -2.38. The quantitative estimate of drug-likeness (QED) is 0.701. The van der Waals surface area contributed by atoms with E-state index in [9.17, 15) is 9.90 Å². The molecule has 0 saturated heterocycles. The summed E-state index contributed by atoms with van der Waals surface area (Å²) in [5, 5.41) is 11.0. The van der Waals surface area contributed by atoms with Gasteiger partial charge in [0.05, 0.1) is 12.7 Å². The van der Waals surface area contributed by atoms with Crippen molar-refractivity contribution in [2.45, 2.75) is 11.7 Å². The molecule has 0 saturated carbocycles. The Morgan fingerprint density at radius 2 is 1.68 bits per heavy atom. The second-order valence-corrected chi connectivity index (χ2v) is 6.45. The maximum absolute atomic E-state index is 13.0. The first kappa shape index (κ1) is 17.8. The van der Waals surface area contributed by atoms with Crippen LogP contribution >= 0.6 is 0 Å². The van der Waals surface area contributed by atoms with Gasteiger partial charge in [-0.05, 0) is 36.3 Å². The number of aliphatic hydroxyl groups excluding tert-OH is 1. The summed E-state index contributed by atoms with van der Waals surface area (Å²) in [6.07, 6.45) is -1.48. The van der Waals surface area contributed by atoms with Crippen LogP contribution in [-0.4, -0.2) is 24.1 Å². The molecule has 0 aliphatic carbocycles. The summed E-state index contributed by atoms with van der Waals surface area (Å²) in [4.78, 5) is 13.0. The zero-order valence-electron chi connectivity index (χ0n) is 15.3. The van der Waals surface area contributed by atoms with Gasteiger partial charge in [0, 0.05) is 11.1 Å². The van der Waals surface area contributed by atoms with Crippen LogP contribution in [-0.2, 0) is 5.60 Å². The van der Waals surface area contributed by atoms with E-state index in [-0.39, 0.29) is 5.56 Å². The van der Waals surface area contributed by atoms with Gasteiger partial charge in [-0.1, -0.05) is 54.5 Å². The van der Waals surface area contributed by atoms with Gasteiger partial charge in [-0.25, -0.2) is 0 Å². The molecule has 0 spiro atoms. The number of rotatable bonds is 2. The molecule has 1 N–H and O–H groups in total. The number of hydrogen-bond acceptors (Lipinski definition) is 4. The molecule has 4 rings (SSSR count). The molecule has 1 aliphatic rings. The van der Waals surface area contributed by atoms with Crippen LogP contribution in [0.1, 0.15) is 21.5 Å². The van der Waals surface area contributed by atoms with E-state index in [0.717, 1.165) is 5.56 Å². The molecule has 0 bridgehead atoms. The number of methoxy groups -OCH3 is 1. The van der Waals surface area contributed by atoms with Gasteiger partial charge in [-0.2, -0.15) is 0 Å². The standard InChI is InChI=1S/C24H18O4/c1-27-19-12-13-21-20(16-19)22(25)23(26)24(28-21,18-10-6-3-7-11-18)15-14-17-8-4-2-5-9-17/h2-13,16,23,26H,1H3/t23-,24-/m1/s1. The topological polar surface area (TPSA) is 55.8 Å². The molecular weight excluding hydrogens is 352 g/mol. The summed E-state index contributed by atoms with van der Waals surface area (Å²) in [6.45, 7) is 0. The Kier molecular flexibility index (Phi) is 4.60. The van der Waals surface area contributed by atoms with Gasteiger partial charge in [0.25, 0.3) is 0 Å². The molecule has 0 amide bonds. The van der Waals surface area contributed by atoms with Crippen LogP contribution in [0, 0.1) is 11.8 Å². The maximum atomic E-state index is 13.0. The van der Waals surface area contributed by atoms with Crippen LogP contribution < -0.4 is 9.47 Å². The third-order valence-corrected chi connectivity index (χ3v) is 4.73. The van der Waals surface area contributed by atoms with Gasteiger partial charge in [0.2, 0.25) is 11.4 Å². The zero-order valence-corrected chi connectivity index (χ0v) is 15.3. The van der Waals surface area contributed by atoms with E-state index in [4.69, 9.17) is 9.47 Å². The Labute approximate surface area is 163 Å². The Bertz CT molecular complexity index is 1060. The predicted octanol–water partition coefficient (Wildman–Crippen LogP) is 3.58. The van der Waals surface area contributed by atoms with Gasteiger partial charge in [-0.3, -0.25) is 4.79 Å². The fourth-order valence-electron chi connectivity index (χ4n) is 3.23. The molecule has 2 atom stereocenters. The number of carbonyl (C=O) groups excluding carboxylic acids is 1. The van der Waals surface area contributed by atoms with E-state index in [1.807, 2.05) is 48.5 Å². The van der Waals surface area contributed by atoms with Gasteiger partial charge < -0.3 is 14.6 Å². The minimum atomic E-state index is -1.50. The molecule has 3 aromatic rings. The third-order valence-electron chi connectivity index (χ3n) is 4.73. The van der Waals surface area contributed by atoms with E-state index in [1.54, 1.807) is 30.3 Å². The number of ether oxygens (including phenoxy) is 2. The fourth-order valence-corrected chi connectivity index (χ4v) is 3.23. The summed E-state index contributed by atoms with van der Waals surface area (Å²) >= 11 is 0. The molecule has 3 aromatic carbocycles. The first-order valence-corrected chi connectivity index (χ1v) is 8.87. The highest BCUT2D eigenvalue weighted by atomic mass is 16.5. The van der Waals surface area contributed by atoms with Crippen molar-refractivity contribution < 1.29 is 19.4 Å². The molecule has 28 heavy (non-hydrogen) atoms. The number of carbonyl (C=O) groups is 1. The van der Waals surface area contributed by atoms with Crippen molar-refractivity contribution in [3.8, 4) is 23.3 Å². The van der Waals surface area contributed by atoms with Crippen molar-refractivity contribution >= 4 is 5.78 Å². The molecule has 4 nitrogen and oxygen atoms in total. The van der Waals surface area contributed by atoms with Crippen molar-refractivity contribution in [2.24, 2.45) is 0 Å². The highest BCUT2D eigenvalue weighted by Gasteiger charge is 2.49. The fraction of sp³-hybridized carbons (Fsp3) is 0.125. The average Bonchev–Trinajstić information content (AvgIpc) is 2.76. The first-order valence-electron chi connectivity index (χ1n) is 8.87. The van der Waals surface area contributed by atoms with Gasteiger partial charge >= 0.3 is 0 Å². The lowest BCUT2D eigenvalue weighted by molar-refractivity contribution is -0.0157. The summed E-state index contributed by atoms with van der Waals surface area (Å²) < 4.78 is 11.4. The highest BCUT2D eigenvalue weighted by Crippen LogP contribution is 2.41. The second kappa shape index (κ2) is 7.22. The maximum Gasteiger partial charge on any atom is 0.228 e. The Hall–Kier alpha value is -3.55. The van der Waals surface area contributed by atoms with Crippen LogP contribution in [0.2, 0.25) is 0 Å². The van der Waals surface area contributed by atoms with E-state index in [1.165, 1.54) is 7.11 Å². The second-order valence-electron chi connectivity index (χ2n) is 6.45. The summed E-state index contributed by atoms with van der Waals surface area (Å²) in [5.74, 6) is 6.52. The smallest absolute Gasteiger partial charge is 0.228 e. The van der Waals surface area contributed by atoms with E-state index in [2.05, 4.69) is 11.8 Å². The van der Waals surface area contributed by atoms with Crippen molar-refractivity contribution in [2.75, 3.05) is 7.11 Å². The number of fused-ring (bicyclic) bond motifs is 1. The Morgan fingerprint density at radius 3 is 2.36 bits per heavy atom. The Morgan fingerprint density at radius 1 is 1.00 bits per heavy atom. The lowest BCUT2D eigenvalue weighted by atomic mass is 9.81. The molecule has 0 radical (unpaired) electrons. The first-order chi connectivity index (χ1) is 13.6. The number of hydrogen-bond donors (Lipinski definition) is 1. The van der Waals surface area contributed by atoms with Crippen molar-refractivity contribution in [3.63, 3.8) is 0 Å². The van der Waals surface area contributed by atoms with E-state index in [0.29, 0.717) is 17.1 Å². The van der Waals surface area contributed by atoms with Crippen molar-refractivity contribution in [1.29, 1.82) is 0 Å². The SMILES string of the molecule is COc1ccc2c(c1)C(=O)[C@@H](O)[C@@](C#Cc1ccccc1)(c1ccccc1)O2. The zero-order chi connectivity index (χ0) is 19.6. The third kappa shape index (κ3) is 3.02. The average molecular weight is 370 g/mol. The molecule has 4 heteroatoms. The number of Topliss-reactive ketones (excluding diaryl/α,β-unsaturated/α-hetero) is 1. The van der Waals surface area contributed by atoms with Crippen LogP contribution in [0.3, 0.4) is 0 Å². The minimum absolute atomic E-state index is 0.278. The van der Waals surface area contributed by atoms with Crippen molar-refractivity contribution in [3.05, 3.63) is 95.6 Å². The van der Waals surface area contributed by atoms with Gasteiger partial charge in [0.15, 0.2) is 6.10 Å². The molecule has 138 valence electrons. The number of aliphatic hydroxyl groups is 1. The highest BCUT2D eigenvalue weighted by molar-refractivity contribution is 6.04. The van der Waals surface area contributed by atoms with Crippen LogP contribution in [0.25, 0.3) is 0 Å². The molecular formula is C24H18O4. The molecule has 1 heterocycles. The minimum Gasteiger partial charge on any atom is -0.497 e. The van der Waals surface area contributed by atoms with E-state index >= 15 is 0 Å². The number of ketones is 1. The lowest BCUT2D eigenvalue weighted by Crippen LogP contribution is -2.51. The molecule has 0 aromatic heterocycles. The summed E-state index contributed by atoms with van der Waals surface area (Å²) in [6, 6.07) is 23.4. The summed E-state index contributed by atoms with van der Waals surface area (Å²) in [5.41, 5.74) is 0.151. The molecule has 0 unspecified atom stereocenters. The largest absolute Gasteiger partial charge is 0.497 e.